The van der Waals surface area contributed by atoms with Gasteiger partial charge in [0.1, 0.15) is 0 Å². The maximum atomic E-state index is 11.9. The van der Waals surface area contributed by atoms with Crippen LogP contribution in [0.5, 0.6) is 0 Å². The smallest absolute Gasteiger partial charge is 0.317 e. The highest BCUT2D eigenvalue weighted by Gasteiger charge is 2.22. The maximum absolute atomic E-state index is 11.9. The molecule has 6 nitrogen and oxygen atoms in total. The first-order valence-electron chi connectivity index (χ1n) is 6.52. The van der Waals surface area contributed by atoms with Gasteiger partial charge in [-0.05, 0) is 17.5 Å². The number of urea groups is 1. The monoisotopic (exact) mass is 279 g/mol. The molecule has 0 radical (unpaired) electrons. The average Bonchev–Trinajstić information content (AvgIpc) is 2.38. The van der Waals surface area contributed by atoms with Gasteiger partial charge in [-0.2, -0.15) is 0 Å². The maximum Gasteiger partial charge on any atom is 0.317 e. The Morgan fingerprint density at radius 3 is 2.65 bits per heavy atom. The Balaban J connectivity index is 2.48. The first kappa shape index (κ1) is 15.9. The van der Waals surface area contributed by atoms with Crippen LogP contribution >= 0.6 is 0 Å². The number of carbonyl (C=O) groups is 2. The molecule has 0 aromatic carbocycles. The lowest BCUT2D eigenvalue weighted by atomic mass is 9.96. The van der Waals surface area contributed by atoms with Crippen LogP contribution in [0.15, 0.2) is 24.5 Å². The number of rotatable bonds is 6. The van der Waals surface area contributed by atoms with Crippen LogP contribution in [0.2, 0.25) is 0 Å². The summed E-state index contributed by atoms with van der Waals surface area (Å²) in [5, 5.41) is 11.7. The molecule has 0 spiro atoms. The zero-order valence-electron chi connectivity index (χ0n) is 12.0. The molecule has 2 N–H and O–H groups in total. The molecule has 1 aromatic heterocycles. The highest BCUT2D eigenvalue weighted by atomic mass is 16.4. The molecule has 0 bridgehead atoms. The zero-order valence-corrected chi connectivity index (χ0v) is 12.0. The van der Waals surface area contributed by atoms with Crippen LogP contribution in [-0.2, 0) is 11.3 Å². The second-order valence-corrected chi connectivity index (χ2v) is 5.09. The summed E-state index contributed by atoms with van der Waals surface area (Å²) in [6.45, 7) is 4.21. The van der Waals surface area contributed by atoms with Crippen molar-refractivity contribution < 1.29 is 14.7 Å². The van der Waals surface area contributed by atoms with E-state index in [2.05, 4.69) is 10.3 Å². The number of hydrogen-bond donors (Lipinski definition) is 2. The molecule has 0 aliphatic carbocycles. The van der Waals surface area contributed by atoms with Crippen LogP contribution in [0.25, 0.3) is 0 Å². The van der Waals surface area contributed by atoms with Gasteiger partial charge in [-0.1, -0.05) is 19.9 Å². The van der Waals surface area contributed by atoms with Crippen LogP contribution in [0.1, 0.15) is 19.4 Å². The third-order valence-electron chi connectivity index (χ3n) is 3.08. The number of carboxylic acid groups (broad SMARTS) is 1. The Kier molecular flexibility index (Phi) is 5.96. The molecule has 0 aliphatic rings. The molecule has 0 saturated heterocycles. The molecule has 1 rings (SSSR count). The van der Waals surface area contributed by atoms with Gasteiger partial charge in [0, 0.05) is 32.5 Å². The van der Waals surface area contributed by atoms with Gasteiger partial charge in [0.25, 0.3) is 0 Å². The Bertz CT molecular complexity index is 448. The predicted molar refractivity (Wildman–Crippen MR) is 75.1 cm³/mol. The molecule has 0 fully saturated rings. The second-order valence-electron chi connectivity index (χ2n) is 5.09. The number of aliphatic carboxylic acids is 1. The number of aromatic nitrogens is 1. The van der Waals surface area contributed by atoms with Gasteiger partial charge in [-0.25, -0.2) is 4.79 Å². The van der Waals surface area contributed by atoms with Crippen molar-refractivity contribution in [2.75, 3.05) is 13.6 Å². The quantitative estimate of drug-likeness (QED) is 0.828. The fraction of sp³-hybridized carbons (Fsp3) is 0.500. The van der Waals surface area contributed by atoms with Gasteiger partial charge in [-0.3, -0.25) is 9.78 Å². The zero-order chi connectivity index (χ0) is 15.1. The number of amides is 2. The number of carbonyl (C=O) groups excluding carboxylic acids is 1. The van der Waals surface area contributed by atoms with E-state index in [-0.39, 0.29) is 18.5 Å². The van der Waals surface area contributed by atoms with E-state index >= 15 is 0 Å². The van der Waals surface area contributed by atoms with Crippen molar-refractivity contribution in [2.24, 2.45) is 11.8 Å². The lowest BCUT2D eigenvalue weighted by Crippen LogP contribution is -2.41. The van der Waals surface area contributed by atoms with Crippen molar-refractivity contribution in [1.29, 1.82) is 0 Å². The van der Waals surface area contributed by atoms with Crippen LogP contribution < -0.4 is 5.32 Å². The van der Waals surface area contributed by atoms with E-state index in [1.165, 1.54) is 4.90 Å². The average molecular weight is 279 g/mol. The molecule has 2 amide bonds. The summed E-state index contributed by atoms with van der Waals surface area (Å²) in [4.78, 5) is 28.4. The first-order valence-corrected chi connectivity index (χ1v) is 6.52. The van der Waals surface area contributed by atoms with Crippen LogP contribution in [-0.4, -0.2) is 40.6 Å². The molecular weight excluding hydrogens is 258 g/mol. The molecular formula is C14H21N3O3. The van der Waals surface area contributed by atoms with Crippen LogP contribution in [0.4, 0.5) is 4.79 Å². The van der Waals surface area contributed by atoms with Crippen molar-refractivity contribution in [1.82, 2.24) is 15.2 Å². The summed E-state index contributed by atoms with van der Waals surface area (Å²) >= 11 is 0. The number of nitrogens with zero attached hydrogens (tertiary/aromatic N) is 2. The third kappa shape index (κ3) is 4.87. The fourth-order valence-electron chi connectivity index (χ4n) is 1.78. The van der Waals surface area contributed by atoms with E-state index in [0.29, 0.717) is 6.54 Å². The second kappa shape index (κ2) is 7.47. The molecule has 6 heteroatoms. The molecule has 1 atom stereocenters. The van der Waals surface area contributed by atoms with E-state index in [4.69, 9.17) is 5.11 Å². The highest BCUT2D eigenvalue weighted by Crippen LogP contribution is 2.10. The number of pyridine rings is 1. The van der Waals surface area contributed by atoms with Gasteiger partial charge < -0.3 is 15.3 Å². The minimum absolute atomic E-state index is 0.0311. The van der Waals surface area contributed by atoms with E-state index in [9.17, 15) is 9.59 Å². The molecule has 1 heterocycles. The molecule has 20 heavy (non-hydrogen) atoms. The van der Waals surface area contributed by atoms with Crippen molar-refractivity contribution in [3.05, 3.63) is 30.1 Å². The highest BCUT2D eigenvalue weighted by molar-refractivity contribution is 5.75. The van der Waals surface area contributed by atoms with Crippen molar-refractivity contribution in [2.45, 2.75) is 20.4 Å². The number of nitrogens with one attached hydrogen (secondary N) is 1. The lowest BCUT2D eigenvalue weighted by Gasteiger charge is -2.21. The molecule has 110 valence electrons. The molecule has 0 saturated carbocycles. The summed E-state index contributed by atoms with van der Waals surface area (Å²) in [5.74, 6) is -1.50. The lowest BCUT2D eigenvalue weighted by molar-refractivity contribution is -0.142. The van der Waals surface area contributed by atoms with Gasteiger partial charge in [0.15, 0.2) is 0 Å². The molecule has 1 unspecified atom stereocenters. The van der Waals surface area contributed by atoms with Crippen molar-refractivity contribution in [3.8, 4) is 0 Å². The largest absolute Gasteiger partial charge is 0.481 e. The minimum atomic E-state index is -0.893. The topological polar surface area (TPSA) is 82.5 Å². The molecule has 1 aromatic rings. The summed E-state index contributed by atoms with van der Waals surface area (Å²) in [6, 6.07) is 3.39. The van der Waals surface area contributed by atoms with Gasteiger partial charge >= 0.3 is 12.0 Å². The predicted octanol–water partition coefficient (Wildman–Crippen LogP) is 1.58. The molecule has 0 aliphatic heterocycles. The Morgan fingerprint density at radius 2 is 2.15 bits per heavy atom. The number of hydrogen-bond acceptors (Lipinski definition) is 3. The van der Waals surface area contributed by atoms with Crippen LogP contribution in [0, 0.1) is 11.8 Å². The standard InChI is InChI=1S/C14H21N3O3/c1-10(2)12(13(18)19)8-16-14(20)17(3)9-11-5-4-6-15-7-11/h4-7,10,12H,8-9H2,1-3H3,(H,16,20)(H,18,19). The van der Waals surface area contributed by atoms with Crippen molar-refractivity contribution >= 4 is 12.0 Å². The Labute approximate surface area is 118 Å². The van der Waals surface area contributed by atoms with Crippen molar-refractivity contribution in [3.63, 3.8) is 0 Å². The van der Waals surface area contributed by atoms with E-state index in [1.807, 2.05) is 19.9 Å². The SMILES string of the molecule is CC(C)C(CNC(=O)N(C)Cc1cccnc1)C(=O)O. The van der Waals surface area contributed by atoms with Gasteiger partial charge in [0.2, 0.25) is 0 Å². The van der Waals surface area contributed by atoms with Gasteiger partial charge in [0.05, 0.1) is 5.92 Å². The Hall–Kier alpha value is -2.11. The van der Waals surface area contributed by atoms with E-state index < -0.39 is 11.9 Å². The van der Waals surface area contributed by atoms with Gasteiger partial charge in [-0.15, -0.1) is 0 Å². The van der Waals surface area contributed by atoms with E-state index in [0.717, 1.165) is 5.56 Å². The summed E-state index contributed by atoms with van der Waals surface area (Å²) in [5.41, 5.74) is 0.920. The van der Waals surface area contributed by atoms with Crippen LogP contribution in [0.3, 0.4) is 0 Å². The third-order valence-corrected chi connectivity index (χ3v) is 3.08. The number of carboxylic acids is 1. The summed E-state index contributed by atoms with van der Waals surface area (Å²) in [6.07, 6.45) is 3.36. The van der Waals surface area contributed by atoms with E-state index in [1.54, 1.807) is 25.5 Å². The Morgan fingerprint density at radius 1 is 1.45 bits per heavy atom. The normalized spacial score (nSPS) is 12.0. The first-order chi connectivity index (χ1) is 9.41. The fourth-order valence-corrected chi connectivity index (χ4v) is 1.78. The minimum Gasteiger partial charge on any atom is -0.481 e. The summed E-state index contributed by atoms with van der Waals surface area (Å²) in [7, 11) is 1.66. The summed E-state index contributed by atoms with van der Waals surface area (Å²) < 4.78 is 0.